The number of alkyl halides is 4. The van der Waals surface area contributed by atoms with E-state index in [9.17, 15) is 27.2 Å². The number of carbonyl (C=O) groups excluding carboxylic acids is 2. The number of carbonyl (C=O) groups is 2. The van der Waals surface area contributed by atoms with E-state index in [0.29, 0.717) is 5.56 Å². The largest absolute Gasteiger partial charge is 0.471 e. The van der Waals surface area contributed by atoms with Crippen molar-refractivity contribution in [3.8, 4) is 11.8 Å². The van der Waals surface area contributed by atoms with Gasteiger partial charge in [-0.15, -0.1) is 0 Å². The van der Waals surface area contributed by atoms with Gasteiger partial charge in [0.05, 0.1) is 12.4 Å². The third kappa shape index (κ3) is 5.77. The second kappa shape index (κ2) is 8.94. The summed E-state index contributed by atoms with van der Waals surface area (Å²) >= 11 is 0. The average Bonchev–Trinajstić information content (AvgIpc) is 2.61. The van der Waals surface area contributed by atoms with Gasteiger partial charge in [0.1, 0.15) is 11.5 Å². The minimum absolute atomic E-state index is 0.132. The van der Waals surface area contributed by atoms with Crippen molar-refractivity contribution in [3.05, 3.63) is 47.4 Å². The Bertz CT molecular complexity index is 949. The van der Waals surface area contributed by atoms with Gasteiger partial charge in [0.2, 0.25) is 5.91 Å². The molecule has 0 spiro atoms. The van der Waals surface area contributed by atoms with Crippen LogP contribution in [0.15, 0.2) is 30.6 Å². The summed E-state index contributed by atoms with van der Waals surface area (Å²) in [5, 5.41) is 4.18. The third-order valence-corrected chi connectivity index (χ3v) is 3.29. The van der Waals surface area contributed by atoms with Crippen LogP contribution in [0, 0.1) is 11.8 Å². The molecular formula is C18H14F4N4O2. The van der Waals surface area contributed by atoms with E-state index in [-0.39, 0.29) is 35.1 Å². The molecule has 0 atom stereocenters. The lowest BCUT2D eigenvalue weighted by Gasteiger charge is -2.13. The molecule has 2 aromatic rings. The van der Waals surface area contributed by atoms with Gasteiger partial charge in [-0.1, -0.05) is 5.92 Å². The predicted molar refractivity (Wildman–Crippen MR) is 93.1 cm³/mol. The van der Waals surface area contributed by atoms with Crippen LogP contribution in [-0.2, 0) is 16.0 Å². The van der Waals surface area contributed by atoms with E-state index >= 15 is 0 Å². The van der Waals surface area contributed by atoms with Gasteiger partial charge in [0.25, 0.3) is 0 Å². The van der Waals surface area contributed by atoms with Crippen molar-refractivity contribution < 1.29 is 27.2 Å². The highest BCUT2D eigenvalue weighted by atomic mass is 19.4. The van der Waals surface area contributed by atoms with E-state index in [1.54, 1.807) is 5.32 Å². The van der Waals surface area contributed by atoms with Gasteiger partial charge in [-0.25, -0.2) is 9.97 Å². The number of amides is 2. The number of aryl methyl sites for hydroxylation is 1. The Morgan fingerprint density at radius 3 is 2.46 bits per heavy atom. The molecule has 0 bridgehead atoms. The van der Waals surface area contributed by atoms with Gasteiger partial charge in [0.15, 0.2) is 0 Å². The molecule has 0 aromatic carbocycles. The topological polar surface area (TPSA) is 84.0 Å². The Kier molecular flexibility index (Phi) is 6.65. The number of hydrogen-bond donors (Lipinski definition) is 2. The number of nitrogens with zero attached hydrogens (tertiary/aromatic N) is 2. The number of anilines is 2. The zero-order chi connectivity index (χ0) is 20.7. The standard InChI is InChI=1S/C18H14F4N4O2/c1-11(27)25-15-10-12(5-8-24-15)2-3-14-16(26-17(28)18(20,21)22)13(4-7-19)6-9-23-14/h5-6,8-10H,4,7H2,1H3,(H,26,28)(H,24,25,27). The van der Waals surface area contributed by atoms with Gasteiger partial charge >= 0.3 is 12.1 Å². The minimum atomic E-state index is -5.12. The van der Waals surface area contributed by atoms with E-state index in [1.807, 2.05) is 0 Å². The summed E-state index contributed by atoms with van der Waals surface area (Å²) in [4.78, 5) is 30.2. The van der Waals surface area contributed by atoms with Crippen molar-refractivity contribution in [2.45, 2.75) is 19.5 Å². The maximum absolute atomic E-state index is 12.7. The highest BCUT2D eigenvalue weighted by Gasteiger charge is 2.39. The van der Waals surface area contributed by atoms with E-state index in [0.717, 1.165) is 0 Å². The molecule has 2 amide bonds. The number of rotatable bonds is 4. The first-order chi connectivity index (χ1) is 13.2. The van der Waals surface area contributed by atoms with Crippen LogP contribution in [-0.4, -0.2) is 34.6 Å². The first kappa shape index (κ1) is 20.8. The van der Waals surface area contributed by atoms with Crippen molar-refractivity contribution in [1.29, 1.82) is 0 Å². The molecule has 146 valence electrons. The van der Waals surface area contributed by atoms with E-state index in [1.165, 1.54) is 37.5 Å². The summed E-state index contributed by atoms with van der Waals surface area (Å²) in [5.41, 5.74) is 0.0742. The summed E-state index contributed by atoms with van der Waals surface area (Å²) in [6.07, 6.45) is -2.69. The average molecular weight is 394 g/mol. The predicted octanol–water partition coefficient (Wildman–Crippen LogP) is 2.85. The van der Waals surface area contributed by atoms with Gasteiger partial charge < -0.3 is 10.6 Å². The van der Waals surface area contributed by atoms with Gasteiger partial charge in [-0.3, -0.25) is 14.0 Å². The number of hydrogen-bond acceptors (Lipinski definition) is 4. The van der Waals surface area contributed by atoms with Crippen LogP contribution in [0.3, 0.4) is 0 Å². The molecule has 2 heterocycles. The molecular weight excluding hydrogens is 380 g/mol. The minimum Gasteiger partial charge on any atom is -0.316 e. The fourth-order valence-electron chi connectivity index (χ4n) is 2.12. The molecule has 2 rings (SSSR count). The Labute approximate surface area is 157 Å². The van der Waals surface area contributed by atoms with Crippen LogP contribution < -0.4 is 10.6 Å². The Balaban J connectivity index is 2.41. The number of halogens is 4. The Morgan fingerprint density at radius 2 is 1.82 bits per heavy atom. The van der Waals surface area contributed by atoms with Crippen molar-refractivity contribution in [2.75, 3.05) is 17.3 Å². The van der Waals surface area contributed by atoms with Crippen LogP contribution in [0.1, 0.15) is 23.7 Å². The molecule has 2 aromatic heterocycles. The lowest BCUT2D eigenvalue weighted by Crippen LogP contribution is -2.30. The molecule has 0 aliphatic carbocycles. The van der Waals surface area contributed by atoms with Crippen LogP contribution in [0.25, 0.3) is 0 Å². The molecule has 10 heteroatoms. The zero-order valence-electron chi connectivity index (χ0n) is 14.5. The fraction of sp³-hybridized carbons (Fsp3) is 0.222. The van der Waals surface area contributed by atoms with Gasteiger partial charge in [-0.05, 0) is 29.7 Å². The van der Waals surface area contributed by atoms with Gasteiger partial charge in [-0.2, -0.15) is 13.2 Å². The van der Waals surface area contributed by atoms with Gasteiger partial charge in [0, 0.05) is 31.3 Å². The summed E-state index contributed by atoms with van der Waals surface area (Å²) in [5.74, 6) is 2.92. The molecule has 0 fully saturated rings. The van der Waals surface area contributed by atoms with Crippen LogP contribution in [0.4, 0.5) is 29.1 Å². The van der Waals surface area contributed by atoms with Crippen molar-refractivity contribution in [1.82, 2.24) is 9.97 Å². The Hall–Kier alpha value is -3.48. The smallest absolute Gasteiger partial charge is 0.316 e. The molecule has 0 radical (unpaired) electrons. The molecule has 0 unspecified atom stereocenters. The summed E-state index contributed by atoms with van der Waals surface area (Å²) in [6, 6.07) is 4.27. The SMILES string of the molecule is CC(=O)Nc1cc(C#Cc2nccc(CCF)c2NC(=O)C(F)(F)F)ccn1. The van der Waals surface area contributed by atoms with Crippen LogP contribution >= 0.6 is 0 Å². The summed E-state index contributed by atoms with van der Waals surface area (Å²) in [6.45, 7) is 0.464. The molecule has 0 saturated heterocycles. The zero-order valence-corrected chi connectivity index (χ0v) is 14.5. The van der Waals surface area contributed by atoms with E-state index in [2.05, 4.69) is 27.1 Å². The maximum atomic E-state index is 12.7. The van der Waals surface area contributed by atoms with Crippen molar-refractivity contribution >= 4 is 23.3 Å². The van der Waals surface area contributed by atoms with E-state index < -0.39 is 18.8 Å². The van der Waals surface area contributed by atoms with Crippen molar-refractivity contribution in [3.63, 3.8) is 0 Å². The van der Waals surface area contributed by atoms with Crippen LogP contribution in [0.5, 0.6) is 0 Å². The molecule has 28 heavy (non-hydrogen) atoms. The number of nitrogens with one attached hydrogen (secondary N) is 2. The quantitative estimate of drug-likeness (QED) is 0.617. The Morgan fingerprint density at radius 1 is 1.11 bits per heavy atom. The fourth-order valence-corrected chi connectivity index (χ4v) is 2.12. The second-order valence-electron chi connectivity index (χ2n) is 5.45. The first-order valence-electron chi connectivity index (χ1n) is 7.88. The van der Waals surface area contributed by atoms with Crippen molar-refractivity contribution in [2.24, 2.45) is 0 Å². The summed E-state index contributed by atoms with van der Waals surface area (Å²) < 4.78 is 50.5. The maximum Gasteiger partial charge on any atom is 0.471 e. The molecule has 0 aliphatic heterocycles. The normalized spacial score (nSPS) is 10.6. The molecule has 0 aliphatic rings. The lowest BCUT2D eigenvalue weighted by atomic mass is 10.1. The highest BCUT2D eigenvalue weighted by molar-refractivity contribution is 5.96. The summed E-state index contributed by atoms with van der Waals surface area (Å²) in [7, 11) is 0. The third-order valence-electron chi connectivity index (χ3n) is 3.29. The molecule has 6 nitrogen and oxygen atoms in total. The number of aromatic nitrogens is 2. The van der Waals surface area contributed by atoms with Crippen LogP contribution in [0.2, 0.25) is 0 Å². The second-order valence-corrected chi connectivity index (χ2v) is 5.45. The number of pyridine rings is 2. The molecule has 2 N–H and O–H groups in total. The lowest BCUT2D eigenvalue weighted by molar-refractivity contribution is -0.167. The monoisotopic (exact) mass is 394 g/mol. The highest BCUT2D eigenvalue weighted by Crippen LogP contribution is 2.24. The van der Waals surface area contributed by atoms with E-state index in [4.69, 9.17) is 0 Å². The molecule has 0 saturated carbocycles. The first-order valence-corrected chi connectivity index (χ1v) is 7.88.